The van der Waals surface area contributed by atoms with Crippen LogP contribution < -0.4 is 21.1 Å². The lowest BCUT2D eigenvalue weighted by Gasteiger charge is -2.09. The quantitative estimate of drug-likeness (QED) is 0.344. The predicted molar refractivity (Wildman–Crippen MR) is 75.8 cm³/mol. The number of ether oxygens (including phenoxy) is 1. The van der Waals surface area contributed by atoms with E-state index < -0.39 is 0 Å². The van der Waals surface area contributed by atoms with Gasteiger partial charge in [0.2, 0.25) is 0 Å². The number of benzene rings is 1. The van der Waals surface area contributed by atoms with Gasteiger partial charge < -0.3 is 21.1 Å². The normalized spacial score (nSPS) is 9.74. The Morgan fingerprint density at radius 2 is 2.26 bits per heavy atom. The van der Waals surface area contributed by atoms with Crippen molar-refractivity contribution in [1.29, 1.82) is 5.41 Å². The third-order valence-electron chi connectivity index (χ3n) is 2.30. The van der Waals surface area contributed by atoms with Crippen LogP contribution in [0, 0.1) is 5.41 Å². The van der Waals surface area contributed by atoms with Crippen LogP contribution in [0.1, 0.15) is 19.8 Å². The topological polar surface area (TPSA) is 100 Å². The Morgan fingerprint density at radius 3 is 2.95 bits per heavy atom. The summed E-state index contributed by atoms with van der Waals surface area (Å²) in [6, 6.07) is 6.71. The Labute approximate surface area is 112 Å². The standard InChI is InChI=1S/C13H20N4O2/c1-2-3-7-16-13(18)17-10-5-4-6-11(8-10)19-9-12(14)15/h4-6,8H,2-3,7,9H2,1H3,(H3,14,15)(H2,16,17,18). The highest BCUT2D eigenvalue weighted by Gasteiger charge is 2.02. The molecule has 0 radical (unpaired) electrons. The van der Waals surface area contributed by atoms with E-state index in [1.165, 1.54) is 0 Å². The van der Waals surface area contributed by atoms with Gasteiger partial charge in [-0.3, -0.25) is 5.41 Å². The average Bonchev–Trinajstić information content (AvgIpc) is 2.37. The third-order valence-corrected chi connectivity index (χ3v) is 2.30. The summed E-state index contributed by atoms with van der Waals surface area (Å²) in [6.45, 7) is 2.75. The summed E-state index contributed by atoms with van der Waals surface area (Å²) in [4.78, 5) is 11.5. The summed E-state index contributed by atoms with van der Waals surface area (Å²) in [6.07, 6.45) is 1.99. The van der Waals surface area contributed by atoms with E-state index in [-0.39, 0.29) is 18.5 Å². The van der Waals surface area contributed by atoms with Crippen molar-refractivity contribution < 1.29 is 9.53 Å². The molecule has 0 aliphatic heterocycles. The zero-order chi connectivity index (χ0) is 14.1. The number of nitrogens with one attached hydrogen (secondary N) is 3. The zero-order valence-corrected chi connectivity index (χ0v) is 11.0. The maximum Gasteiger partial charge on any atom is 0.319 e. The summed E-state index contributed by atoms with van der Waals surface area (Å²) in [5.41, 5.74) is 5.84. The fourth-order valence-corrected chi connectivity index (χ4v) is 1.38. The maximum atomic E-state index is 11.5. The van der Waals surface area contributed by atoms with Gasteiger partial charge in [0.05, 0.1) is 0 Å². The number of unbranched alkanes of at least 4 members (excludes halogenated alkanes) is 1. The number of urea groups is 1. The van der Waals surface area contributed by atoms with Crippen molar-refractivity contribution in [2.45, 2.75) is 19.8 Å². The molecule has 0 fully saturated rings. The molecule has 0 bridgehead atoms. The molecule has 0 aliphatic rings. The van der Waals surface area contributed by atoms with Gasteiger partial charge in [-0.2, -0.15) is 0 Å². The highest BCUT2D eigenvalue weighted by molar-refractivity contribution is 5.89. The molecule has 1 rings (SSSR count). The van der Waals surface area contributed by atoms with Crippen LogP contribution in [0.4, 0.5) is 10.5 Å². The molecule has 6 heteroatoms. The lowest BCUT2D eigenvalue weighted by Crippen LogP contribution is -2.29. The number of amides is 2. The summed E-state index contributed by atoms with van der Waals surface area (Å²) < 4.78 is 5.27. The molecule has 0 atom stereocenters. The van der Waals surface area contributed by atoms with E-state index in [0.717, 1.165) is 12.8 Å². The van der Waals surface area contributed by atoms with Crippen molar-refractivity contribution in [1.82, 2.24) is 5.32 Å². The van der Waals surface area contributed by atoms with Gasteiger partial charge >= 0.3 is 6.03 Å². The van der Waals surface area contributed by atoms with E-state index in [9.17, 15) is 4.79 Å². The minimum absolute atomic E-state index is 0.0339. The van der Waals surface area contributed by atoms with E-state index in [1.807, 2.05) is 0 Å². The van der Waals surface area contributed by atoms with E-state index in [4.69, 9.17) is 15.9 Å². The van der Waals surface area contributed by atoms with Crippen molar-refractivity contribution in [3.8, 4) is 5.75 Å². The molecule has 1 aromatic carbocycles. The van der Waals surface area contributed by atoms with Gasteiger partial charge in [-0.05, 0) is 18.6 Å². The van der Waals surface area contributed by atoms with Crippen molar-refractivity contribution in [3.63, 3.8) is 0 Å². The number of rotatable bonds is 7. The smallest absolute Gasteiger partial charge is 0.319 e. The Balaban J connectivity index is 2.47. The maximum absolute atomic E-state index is 11.5. The zero-order valence-electron chi connectivity index (χ0n) is 11.0. The molecular weight excluding hydrogens is 244 g/mol. The first kappa shape index (κ1) is 14.8. The number of hydrogen-bond donors (Lipinski definition) is 4. The van der Waals surface area contributed by atoms with Gasteiger partial charge in [-0.15, -0.1) is 0 Å². The molecule has 0 unspecified atom stereocenters. The number of hydrogen-bond acceptors (Lipinski definition) is 3. The Hall–Kier alpha value is -2.24. The lowest BCUT2D eigenvalue weighted by atomic mass is 10.3. The summed E-state index contributed by atoms with van der Waals surface area (Å²) in [7, 11) is 0. The number of anilines is 1. The van der Waals surface area contributed by atoms with Crippen LogP contribution in [-0.2, 0) is 0 Å². The van der Waals surface area contributed by atoms with Gasteiger partial charge in [-0.1, -0.05) is 19.4 Å². The van der Waals surface area contributed by atoms with E-state index in [1.54, 1.807) is 24.3 Å². The summed E-state index contributed by atoms with van der Waals surface area (Å²) >= 11 is 0. The average molecular weight is 264 g/mol. The molecule has 1 aromatic rings. The summed E-state index contributed by atoms with van der Waals surface area (Å²) in [5, 5.41) is 12.5. The molecule has 0 saturated heterocycles. The minimum atomic E-state index is -0.239. The second-order valence-corrected chi connectivity index (χ2v) is 4.08. The Kier molecular flexibility index (Phi) is 6.21. The van der Waals surface area contributed by atoms with Crippen LogP contribution >= 0.6 is 0 Å². The molecule has 0 heterocycles. The molecule has 104 valence electrons. The first-order valence-electron chi connectivity index (χ1n) is 6.22. The SMILES string of the molecule is CCCCNC(=O)Nc1cccc(OCC(=N)N)c1. The van der Waals surface area contributed by atoms with Crippen molar-refractivity contribution in [3.05, 3.63) is 24.3 Å². The number of nitrogens with two attached hydrogens (primary N) is 1. The van der Waals surface area contributed by atoms with Gasteiger partial charge in [-0.25, -0.2) is 4.79 Å². The van der Waals surface area contributed by atoms with Crippen LogP contribution in [0.15, 0.2) is 24.3 Å². The monoisotopic (exact) mass is 264 g/mol. The van der Waals surface area contributed by atoms with E-state index >= 15 is 0 Å². The van der Waals surface area contributed by atoms with Gasteiger partial charge in [0.1, 0.15) is 18.2 Å². The van der Waals surface area contributed by atoms with Gasteiger partial charge in [0.25, 0.3) is 0 Å². The molecule has 0 aromatic heterocycles. The van der Waals surface area contributed by atoms with Crippen LogP contribution in [0.2, 0.25) is 0 Å². The van der Waals surface area contributed by atoms with Crippen molar-refractivity contribution in [2.75, 3.05) is 18.5 Å². The van der Waals surface area contributed by atoms with Crippen LogP contribution in [0.5, 0.6) is 5.75 Å². The molecule has 0 aliphatic carbocycles. The van der Waals surface area contributed by atoms with Crippen LogP contribution in [-0.4, -0.2) is 25.0 Å². The molecule has 0 saturated carbocycles. The van der Waals surface area contributed by atoms with E-state index in [2.05, 4.69) is 17.6 Å². The molecule has 2 amide bonds. The van der Waals surface area contributed by atoms with Crippen molar-refractivity contribution >= 4 is 17.6 Å². The number of carbonyl (C=O) groups is 1. The second kappa shape index (κ2) is 7.97. The van der Waals surface area contributed by atoms with Crippen molar-refractivity contribution in [2.24, 2.45) is 5.73 Å². The van der Waals surface area contributed by atoms with Crippen LogP contribution in [0.3, 0.4) is 0 Å². The lowest BCUT2D eigenvalue weighted by molar-refractivity contribution is 0.252. The molecule has 6 nitrogen and oxygen atoms in total. The Bertz CT molecular complexity index is 434. The molecular formula is C13H20N4O2. The number of carbonyl (C=O) groups excluding carboxylic acids is 1. The number of amidine groups is 1. The third kappa shape index (κ3) is 6.30. The first-order chi connectivity index (χ1) is 9.11. The predicted octanol–water partition coefficient (Wildman–Crippen LogP) is 1.92. The highest BCUT2D eigenvalue weighted by atomic mass is 16.5. The molecule has 0 spiro atoms. The molecule has 19 heavy (non-hydrogen) atoms. The van der Waals surface area contributed by atoms with Gasteiger partial charge in [0.15, 0.2) is 0 Å². The second-order valence-electron chi connectivity index (χ2n) is 4.08. The minimum Gasteiger partial charge on any atom is -0.486 e. The molecule has 5 N–H and O–H groups in total. The fraction of sp³-hybridized carbons (Fsp3) is 0.385. The largest absolute Gasteiger partial charge is 0.486 e. The van der Waals surface area contributed by atoms with Crippen LogP contribution in [0.25, 0.3) is 0 Å². The van der Waals surface area contributed by atoms with E-state index in [0.29, 0.717) is 18.0 Å². The first-order valence-corrected chi connectivity index (χ1v) is 6.22. The fourth-order valence-electron chi connectivity index (χ4n) is 1.38. The van der Waals surface area contributed by atoms with Gasteiger partial charge in [0, 0.05) is 18.3 Å². The Morgan fingerprint density at radius 1 is 1.47 bits per heavy atom. The highest BCUT2D eigenvalue weighted by Crippen LogP contribution is 2.17. The summed E-state index contributed by atoms with van der Waals surface area (Å²) in [5.74, 6) is 0.511.